The molecule has 0 aromatic heterocycles. The fourth-order valence-corrected chi connectivity index (χ4v) is 3.03. The van der Waals surface area contributed by atoms with Gasteiger partial charge in [0.15, 0.2) is 0 Å². The Bertz CT molecular complexity index is 808. The van der Waals surface area contributed by atoms with Crippen molar-refractivity contribution in [1.29, 1.82) is 0 Å². The molecule has 1 aliphatic heterocycles. The van der Waals surface area contributed by atoms with Gasteiger partial charge in [-0.05, 0) is 29.8 Å². The summed E-state index contributed by atoms with van der Waals surface area (Å²) in [6.45, 7) is 1.89. The van der Waals surface area contributed by atoms with Crippen LogP contribution in [0.3, 0.4) is 0 Å². The molecule has 2 aromatic carbocycles. The third-order valence-corrected chi connectivity index (χ3v) is 4.67. The molecule has 0 saturated carbocycles. The van der Waals surface area contributed by atoms with Crippen LogP contribution in [0, 0.1) is 0 Å². The van der Waals surface area contributed by atoms with Crippen LogP contribution >= 0.6 is 0 Å². The highest BCUT2D eigenvalue weighted by Gasteiger charge is 2.16. The van der Waals surface area contributed by atoms with Gasteiger partial charge >= 0.3 is 5.97 Å². The van der Waals surface area contributed by atoms with E-state index in [1.165, 1.54) is 0 Å². The molecule has 6 nitrogen and oxygen atoms in total. The first-order valence-corrected chi connectivity index (χ1v) is 9.46. The number of Topliss-reactive ketones (excluding diaryl/α,β-unsaturated/α-hetero) is 1. The van der Waals surface area contributed by atoms with Crippen LogP contribution in [0.1, 0.15) is 35.2 Å². The number of carbonyl (C=O) groups is 3. The smallest absolute Gasteiger partial charge is 0.307 e. The number of hydrogen-bond donors (Lipinski definition) is 1. The lowest BCUT2D eigenvalue weighted by Gasteiger charge is -2.28. The average Bonchev–Trinajstić information content (AvgIpc) is 2.73. The zero-order chi connectivity index (χ0) is 19.8. The molecule has 1 heterocycles. The van der Waals surface area contributed by atoms with Gasteiger partial charge in [0.05, 0.1) is 6.42 Å². The molecule has 0 bridgehead atoms. The van der Waals surface area contributed by atoms with Crippen LogP contribution in [-0.4, -0.2) is 37.3 Å². The maximum Gasteiger partial charge on any atom is 0.307 e. The fourth-order valence-electron chi connectivity index (χ4n) is 3.03. The van der Waals surface area contributed by atoms with Crippen LogP contribution in [0.2, 0.25) is 0 Å². The normalized spacial score (nSPS) is 13.9. The van der Waals surface area contributed by atoms with Gasteiger partial charge in [-0.2, -0.15) is 0 Å². The number of benzene rings is 2. The van der Waals surface area contributed by atoms with E-state index in [-0.39, 0.29) is 31.4 Å². The number of rotatable bonds is 7. The Kier molecular flexibility index (Phi) is 6.78. The number of carbonyl (C=O) groups excluding carboxylic acids is 3. The van der Waals surface area contributed by atoms with Gasteiger partial charge in [0.1, 0.15) is 12.4 Å². The number of hydrogen-bond acceptors (Lipinski definition) is 5. The first-order valence-electron chi connectivity index (χ1n) is 9.46. The number of ether oxygens (including phenoxy) is 1. The first kappa shape index (κ1) is 19.6. The SMILES string of the molecule is O=C1CCN(c2ccc(C(=O)NCCC(=O)OCc3ccccc3)cc2)CC1. The lowest BCUT2D eigenvalue weighted by atomic mass is 10.1. The number of amides is 1. The van der Waals surface area contributed by atoms with Gasteiger partial charge in [-0.25, -0.2) is 0 Å². The van der Waals surface area contributed by atoms with E-state index < -0.39 is 0 Å². The van der Waals surface area contributed by atoms with Crippen LogP contribution in [0.4, 0.5) is 5.69 Å². The van der Waals surface area contributed by atoms with E-state index >= 15 is 0 Å². The third kappa shape index (κ3) is 5.67. The van der Waals surface area contributed by atoms with Gasteiger partial charge in [0, 0.05) is 43.7 Å². The second-order valence-corrected chi connectivity index (χ2v) is 6.72. The molecule has 1 saturated heterocycles. The molecule has 1 fully saturated rings. The van der Waals surface area contributed by atoms with Crippen LogP contribution in [0.15, 0.2) is 54.6 Å². The molecule has 6 heteroatoms. The molecular weight excluding hydrogens is 356 g/mol. The summed E-state index contributed by atoms with van der Waals surface area (Å²) < 4.78 is 5.19. The van der Waals surface area contributed by atoms with Gasteiger partial charge in [-0.1, -0.05) is 30.3 Å². The molecule has 3 rings (SSSR count). The number of piperidine rings is 1. The van der Waals surface area contributed by atoms with E-state index in [1.807, 2.05) is 42.5 Å². The Morgan fingerprint density at radius 3 is 2.32 bits per heavy atom. The van der Waals surface area contributed by atoms with Crippen molar-refractivity contribution < 1.29 is 19.1 Å². The molecule has 0 aliphatic carbocycles. The average molecular weight is 380 g/mol. The fraction of sp³-hybridized carbons (Fsp3) is 0.318. The molecule has 0 unspecified atom stereocenters. The minimum absolute atomic E-state index is 0.123. The van der Waals surface area contributed by atoms with Gasteiger partial charge in [-0.3, -0.25) is 14.4 Å². The summed E-state index contributed by atoms with van der Waals surface area (Å²) >= 11 is 0. The lowest BCUT2D eigenvalue weighted by molar-refractivity contribution is -0.144. The highest BCUT2D eigenvalue weighted by Crippen LogP contribution is 2.19. The molecule has 28 heavy (non-hydrogen) atoms. The van der Waals surface area contributed by atoms with Crippen LogP contribution in [0.5, 0.6) is 0 Å². The van der Waals surface area contributed by atoms with E-state index in [9.17, 15) is 14.4 Å². The van der Waals surface area contributed by atoms with Gasteiger partial charge in [-0.15, -0.1) is 0 Å². The van der Waals surface area contributed by atoms with Crippen molar-refractivity contribution in [3.8, 4) is 0 Å². The van der Waals surface area contributed by atoms with Crippen molar-refractivity contribution in [2.24, 2.45) is 0 Å². The summed E-state index contributed by atoms with van der Waals surface area (Å²) in [6.07, 6.45) is 1.27. The zero-order valence-corrected chi connectivity index (χ0v) is 15.7. The Hall–Kier alpha value is -3.15. The molecular formula is C22H24N2O4. The summed E-state index contributed by atoms with van der Waals surface area (Å²) in [5, 5.41) is 2.73. The van der Waals surface area contributed by atoms with Crippen LogP contribution < -0.4 is 10.2 Å². The van der Waals surface area contributed by atoms with E-state index in [1.54, 1.807) is 12.1 Å². The van der Waals surface area contributed by atoms with E-state index in [0.29, 0.717) is 24.2 Å². The highest BCUT2D eigenvalue weighted by molar-refractivity contribution is 5.94. The topological polar surface area (TPSA) is 75.7 Å². The van der Waals surface area contributed by atoms with E-state index in [4.69, 9.17) is 4.74 Å². The molecule has 146 valence electrons. The second-order valence-electron chi connectivity index (χ2n) is 6.72. The summed E-state index contributed by atoms with van der Waals surface area (Å²) in [5.74, 6) is -0.273. The van der Waals surface area contributed by atoms with E-state index in [2.05, 4.69) is 10.2 Å². The quantitative estimate of drug-likeness (QED) is 0.748. The minimum Gasteiger partial charge on any atom is -0.461 e. The molecule has 0 spiro atoms. The zero-order valence-electron chi connectivity index (χ0n) is 15.7. The van der Waals surface area contributed by atoms with Gasteiger partial charge < -0.3 is 15.0 Å². The number of nitrogens with one attached hydrogen (secondary N) is 1. The number of anilines is 1. The molecule has 1 amide bonds. The van der Waals surface area contributed by atoms with Crippen molar-refractivity contribution in [2.75, 3.05) is 24.5 Å². The maximum atomic E-state index is 12.2. The number of esters is 1. The summed E-state index contributed by atoms with van der Waals surface area (Å²) in [6, 6.07) is 16.8. The van der Waals surface area contributed by atoms with Gasteiger partial charge in [0.2, 0.25) is 0 Å². The van der Waals surface area contributed by atoms with E-state index in [0.717, 1.165) is 24.3 Å². The Morgan fingerprint density at radius 2 is 1.64 bits per heavy atom. The van der Waals surface area contributed by atoms with Crippen LogP contribution in [0.25, 0.3) is 0 Å². The lowest BCUT2D eigenvalue weighted by Crippen LogP contribution is -2.33. The molecule has 2 aromatic rings. The predicted molar refractivity (Wildman–Crippen MR) is 106 cm³/mol. The summed E-state index contributed by atoms with van der Waals surface area (Å²) in [7, 11) is 0. The van der Waals surface area contributed by atoms with Crippen molar-refractivity contribution >= 4 is 23.3 Å². The van der Waals surface area contributed by atoms with Crippen molar-refractivity contribution in [3.05, 3.63) is 65.7 Å². The Morgan fingerprint density at radius 1 is 0.964 bits per heavy atom. The van der Waals surface area contributed by atoms with Crippen LogP contribution in [-0.2, 0) is 20.9 Å². The Balaban J connectivity index is 1.39. The molecule has 1 N–H and O–H groups in total. The molecule has 1 aliphatic rings. The largest absolute Gasteiger partial charge is 0.461 e. The molecule has 0 atom stereocenters. The maximum absolute atomic E-state index is 12.2. The van der Waals surface area contributed by atoms with Gasteiger partial charge in [0.25, 0.3) is 5.91 Å². The predicted octanol–water partition coefficient (Wildman–Crippen LogP) is 2.72. The number of nitrogens with zero attached hydrogens (tertiary/aromatic N) is 1. The third-order valence-electron chi connectivity index (χ3n) is 4.67. The first-order chi connectivity index (χ1) is 13.6. The minimum atomic E-state index is -0.348. The van der Waals surface area contributed by atoms with Crippen molar-refractivity contribution in [2.45, 2.75) is 25.9 Å². The summed E-state index contributed by atoms with van der Waals surface area (Å²) in [4.78, 5) is 37.5. The second kappa shape index (κ2) is 9.69. The van der Waals surface area contributed by atoms with Crippen molar-refractivity contribution in [3.63, 3.8) is 0 Å². The molecule has 0 radical (unpaired) electrons. The highest BCUT2D eigenvalue weighted by atomic mass is 16.5. The van der Waals surface area contributed by atoms with Crippen molar-refractivity contribution in [1.82, 2.24) is 5.32 Å². The summed E-state index contributed by atoms with van der Waals surface area (Å²) in [5.41, 5.74) is 2.47. The monoisotopic (exact) mass is 380 g/mol. The Labute approximate surface area is 164 Å². The number of ketones is 1. The standard InChI is InChI=1S/C22H24N2O4/c25-20-11-14-24(15-12-20)19-8-6-18(7-9-19)22(27)23-13-10-21(26)28-16-17-4-2-1-3-5-17/h1-9H,10-16H2,(H,23,27).